The number of nitrogens with zero attached hydrogens (tertiary/aromatic N) is 2. The maximum absolute atomic E-state index is 12.5. The van der Waals surface area contributed by atoms with Crippen LogP contribution in [0.2, 0.25) is 5.02 Å². The number of hydrogen-bond acceptors (Lipinski definition) is 2. The molecule has 0 radical (unpaired) electrons. The fraction of sp³-hybridized carbons (Fsp3) is 0.412. The molecule has 2 heterocycles. The maximum Gasteiger partial charge on any atom is 0.223 e. The Hall–Kier alpha value is -1.81. The molecule has 1 saturated heterocycles. The number of carbonyl (C=O) groups excluding carboxylic acids is 1. The van der Waals surface area contributed by atoms with Gasteiger partial charge in [-0.3, -0.25) is 4.79 Å². The minimum absolute atomic E-state index is 0.103. The van der Waals surface area contributed by atoms with Gasteiger partial charge in [-0.15, -0.1) is 0 Å². The monoisotopic (exact) mass is 317 g/mol. The minimum atomic E-state index is 0.103. The van der Waals surface area contributed by atoms with Crippen LogP contribution >= 0.6 is 11.6 Å². The van der Waals surface area contributed by atoms with Crippen LogP contribution in [0.25, 0.3) is 0 Å². The van der Waals surface area contributed by atoms with Crippen LogP contribution in [-0.4, -0.2) is 27.3 Å². The maximum atomic E-state index is 12.5. The first-order valence-corrected chi connectivity index (χ1v) is 8.06. The van der Waals surface area contributed by atoms with Gasteiger partial charge in [-0.25, -0.2) is 4.98 Å². The van der Waals surface area contributed by atoms with E-state index in [0.29, 0.717) is 6.42 Å². The Kier molecular flexibility index (Phi) is 4.48. The third-order valence-corrected chi connectivity index (χ3v) is 4.40. The lowest BCUT2D eigenvalue weighted by atomic mass is 10.1. The normalized spacial score (nSPS) is 17.9. The van der Waals surface area contributed by atoms with Crippen molar-refractivity contribution in [3.63, 3.8) is 0 Å². The fourth-order valence-electron chi connectivity index (χ4n) is 3.00. The molecule has 4 nitrogen and oxygen atoms in total. The second-order valence-electron chi connectivity index (χ2n) is 5.82. The van der Waals surface area contributed by atoms with Crippen molar-refractivity contribution < 1.29 is 4.79 Å². The molecule has 1 atom stereocenters. The summed E-state index contributed by atoms with van der Waals surface area (Å²) in [6.45, 7) is 2.81. The van der Waals surface area contributed by atoms with Gasteiger partial charge >= 0.3 is 0 Å². The average Bonchev–Trinajstić information content (AvgIpc) is 3.14. The van der Waals surface area contributed by atoms with Crippen LogP contribution in [0.1, 0.15) is 42.4 Å². The van der Waals surface area contributed by atoms with E-state index in [-0.39, 0.29) is 11.9 Å². The van der Waals surface area contributed by atoms with E-state index in [1.807, 2.05) is 42.3 Å². The van der Waals surface area contributed by atoms with Crippen LogP contribution in [0.5, 0.6) is 0 Å². The number of aromatic nitrogens is 2. The number of amides is 1. The Morgan fingerprint density at radius 2 is 2.18 bits per heavy atom. The first-order valence-electron chi connectivity index (χ1n) is 7.69. The number of carbonyl (C=O) groups is 1. The van der Waals surface area contributed by atoms with Gasteiger partial charge in [0.2, 0.25) is 5.91 Å². The van der Waals surface area contributed by atoms with Crippen LogP contribution < -0.4 is 0 Å². The fourth-order valence-corrected chi connectivity index (χ4v) is 3.12. The molecule has 1 amide bonds. The summed E-state index contributed by atoms with van der Waals surface area (Å²) in [6.07, 6.45) is 5.12. The third kappa shape index (κ3) is 3.33. The summed E-state index contributed by atoms with van der Waals surface area (Å²) in [6, 6.07) is 7.79. The van der Waals surface area contributed by atoms with Crippen molar-refractivity contribution in [2.45, 2.75) is 38.6 Å². The molecule has 2 aromatic rings. The highest BCUT2D eigenvalue weighted by Crippen LogP contribution is 2.30. The highest BCUT2D eigenvalue weighted by atomic mass is 35.5. The van der Waals surface area contributed by atoms with Gasteiger partial charge in [-0.05, 0) is 43.9 Å². The number of benzene rings is 1. The number of imidazole rings is 1. The first kappa shape index (κ1) is 15.1. The number of halogens is 1. The number of hydrogen-bond donors (Lipinski definition) is 1. The van der Waals surface area contributed by atoms with Crippen LogP contribution in [0, 0.1) is 6.92 Å². The number of likely N-dealkylation sites (tertiary alicyclic amines) is 1. The molecule has 1 fully saturated rings. The van der Waals surface area contributed by atoms with Crippen molar-refractivity contribution in [1.82, 2.24) is 14.9 Å². The SMILES string of the molecule is Cc1cnc([C@@H]2CCCN2C(=O)CCc2ccc(Cl)cc2)[nH]1. The number of H-pyrrole nitrogens is 1. The van der Waals surface area contributed by atoms with Gasteiger partial charge < -0.3 is 9.88 Å². The molecule has 3 rings (SSSR count). The van der Waals surface area contributed by atoms with Crippen LogP contribution in [0.4, 0.5) is 0 Å². The summed E-state index contributed by atoms with van der Waals surface area (Å²) in [5.74, 6) is 1.11. The summed E-state index contributed by atoms with van der Waals surface area (Å²) in [4.78, 5) is 22.2. The molecule has 0 aliphatic carbocycles. The van der Waals surface area contributed by atoms with E-state index < -0.39 is 0 Å². The van der Waals surface area contributed by atoms with Gasteiger partial charge in [0.05, 0.1) is 6.04 Å². The summed E-state index contributed by atoms with van der Waals surface area (Å²) >= 11 is 5.88. The second kappa shape index (κ2) is 6.53. The molecule has 0 unspecified atom stereocenters. The van der Waals surface area contributed by atoms with Crippen molar-refractivity contribution >= 4 is 17.5 Å². The molecule has 0 bridgehead atoms. The Morgan fingerprint density at radius 1 is 1.41 bits per heavy atom. The number of nitrogens with one attached hydrogen (secondary N) is 1. The molecule has 1 aromatic carbocycles. The Balaban J connectivity index is 1.62. The van der Waals surface area contributed by atoms with Crippen molar-refractivity contribution in [2.24, 2.45) is 0 Å². The molecule has 1 aliphatic rings. The summed E-state index contributed by atoms with van der Waals surface area (Å²) in [5, 5.41) is 0.725. The molecule has 0 saturated carbocycles. The zero-order chi connectivity index (χ0) is 15.5. The quantitative estimate of drug-likeness (QED) is 0.935. The van der Waals surface area contributed by atoms with Crippen LogP contribution in [0.15, 0.2) is 30.5 Å². The summed E-state index contributed by atoms with van der Waals surface area (Å²) in [7, 11) is 0. The zero-order valence-electron chi connectivity index (χ0n) is 12.7. The third-order valence-electron chi connectivity index (χ3n) is 4.15. The lowest BCUT2D eigenvalue weighted by Crippen LogP contribution is -2.31. The lowest BCUT2D eigenvalue weighted by Gasteiger charge is -2.23. The molecule has 1 aliphatic heterocycles. The van der Waals surface area contributed by atoms with Gasteiger partial charge in [0, 0.05) is 29.9 Å². The Bertz CT molecular complexity index is 650. The van der Waals surface area contributed by atoms with E-state index in [0.717, 1.165) is 47.9 Å². The van der Waals surface area contributed by atoms with Crippen molar-refractivity contribution in [3.05, 3.63) is 52.6 Å². The molecular formula is C17H20ClN3O. The molecule has 5 heteroatoms. The molecule has 1 N–H and O–H groups in total. The van der Waals surface area contributed by atoms with Crippen molar-refractivity contribution in [2.75, 3.05) is 6.54 Å². The standard InChI is InChI=1S/C17H20ClN3O/c1-12-11-19-17(20-12)15-3-2-10-21(15)16(22)9-6-13-4-7-14(18)8-5-13/h4-5,7-8,11,15H,2-3,6,9-10H2,1H3,(H,19,20)/t15-/m0/s1. The summed E-state index contributed by atoms with van der Waals surface area (Å²) in [5.41, 5.74) is 2.18. The van der Waals surface area contributed by atoms with E-state index in [1.54, 1.807) is 0 Å². The van der Waals surface area contributed by atoms with Crippen molar-refractivity contribution in [1.29, 1.82) is 0 Å². The molecule has 0 spiro atoms. The molecule has 1 aromatic heterocycles. The topological polar surface area (TPSA) is 49.0 Å². The molecule has 116 valence electrons. The van der Waals surface area contributed by atoms with E-state index >= 15 is 0 Å². The molecule has 22 heavy (non-hydrogen) atoms. The van der Waals surface area contributed by atoms with E-state index in [1.165, 1.54) is 0 Å². The van der Waals surface area contributed by atoms with E-state index in [4.69, 9.17) is 11.6 Å². The Morgan fingerprint density at radius 3 is 2.86 bits per heavy atom. The van der Waals surface area contributed by atoms with Crippen LogP contribution in [-0.2, 0) is 11.2 Å². The first-order chi connectivity index (χ1) is 10.6. The summed E-state index contributed by atoms with van der Waals surface area (Å²) < 4.78 is 0. The highest BCUT2D eigenvalue weighted by molar-refractivity contribution is 6.30. The molecular weight excluding hydrogens is 298 g/mol. The van der Waals surface area contributed by atoms with Gasteiger partial charge in [0.1, 0.15) is 5.82 Å². The minimum Gasteiger partial charge on any atom is -0.344 e. The van der Waals surface area contributed by atoms with Crippen LogP contribution in [0.3, 0.4) is 0 Å². The van der Waals surface area contributed by atoms with Gasteiger partial charge in [-0.1, -0.05) is 23.7 Å². The van der Waals surface area contributed by atoms with Gasteiger partial charge in [-0.2, -0.15) is 0 Å². The second-order valence-corrected chi connectivity index (χ2v) is 6.26. The highest BCUT2D eigenvalue weighted by Gasteiger charge is 2.31. The smallest absolute Gasteiger partial charge is 0.223 e. The average molecular weight is 318 g/mol. The Labute approximate surface area is 135 Å². The van der Waals surface area contributed by atoms with E-state index in [9.17, 15) is 4.79 Å². The lowest BCUT2D eigenvalue weighted by molar-refractivity contribution is -0.132. The predicted molar refractivity (Wildman–Crippen MR) is 86.8 cm³/mol. The van der Waals surface area contributed by atoms with E-state index in [2.05, 4.69) is 9.97 Å². The number of aryl methyl sites for hydroxylation is 2. The number of rotatable bonds is 4. The van der Waals surface area contributed by atoms with Crippen molar-refractivity contribution in [3.8, 4) is 0 Å². The number of aromatic amines is 1. The van der Waals surface area contributed by atoms with Gasteiger partial charge in [0.25, 0.3) is 0 Å². The predicted octanol–water partition coefficient (Wildman–Crippen LogP) is 3.67. The zero-order valence-corrected chi connectivity index (χ0v) is 13.4. The van der Waals surface area contributed by atoms with Gasteiger partial charge in [0.15, 0.2) is 0 Å². The largest absolute Gasteiger partial charge is 0.344 e.